The maximum atomic E-state index is 11.5. The molecule has 2 N–H and O–H groups in total. The first-order chi connectivity index (χ1) is 8.76. The smallest absolute Gasteiger partial charge is 0.326 e. The summed E-state index contributed by atoms with van der Waals surface area (Å²) in [7, 11) is 2.14. The molecular formula is C11H17NO7. The van der Waals surface area contributed by atoms with Crippen LogP contribution in [0.1, 0.15) is 13.8 Å². The van der Waals surface area contributed by atoms with E-state index in [4.69, 9.17) is 5.11 Å². The monoisotopic (exact) mass is 275 g/mol. The van der Waals surface area contributed by atoms with Gasteiger partial charge < -0.3 is 19.9 Å². The van der Waals surface area contributed by atoms with Gasteiger partial charge in [0.15, 0.2) is 5.92 Å². The van der Waals surface area contributed by atoms with Gasteiger partial charge in [-0.1, -0.05) is 6.92 Å². The van der Waals surface area contributed by atoms with Crippen LogP contribution in [0.4, 0.5) is 0 Å². The van der Waals surface area contributed by atoms with Crippen LogP contribution in [0.25, 0.3) is 0 Å². The second-order valence-electron chi connectivity index (χ2n) is 3.90. The fraction of sp³-hybridized carbons (Fsp3) is 0.636. The normalized spacial score (nSPS) is 13.3. The molecule has 0 aromatic heterocycles. The van der Waals surface area contributed by atoms with Crippen molar-refractivity contribution in [2.45, 2.75) is 19.9 Å². The van der Waals surface area contributed by atoms with Crippen molar-refractivity contribution in [3.63, 3.8) is 0 Å². The van der Waals surface area contributed by atoms with Gasteiger partial charge in [-0.25, -0.2) is 4.79 Å². The molecule has 0 heterocycles. The molecule has 0 rings (SSSR count). The number of amides is 1. The summed E-state index contributed by atoms with van der Waals surface area (Å²) in [6.45, 7) is 2.47. The number of methoxy groups -OCH3 is 2. The lowest BCUT2D eigenvalue weighted by Gasteiger charge is -2.25. The molecule has 0 spiro atoms. The van der Waals surface area contributed by atoms with Crippen LogP contribution >= 0.6 is 0 Å². The van der Waals surface area contributed by atoms with Crippen LogP contribution in [-0.2, 0) is 28.7 Å². The van der Waals surface area contributed by atoms with Gasteiger partial charge in [-0.3, -0.25) is 14.4 Å². The van der Waals surface area contributed by atoms with Gasteiger partial charge in [0, 0.05) is 12.8 Å². The predicted octanol–water partition coefficient (Wildman–Crippen LogP) is -0.826. The molecule has 0 aromatic rings. The molecule has 0 bridgehead atoms. The summed E-state index contributed by atoms with van der Waals surface area (Å²) in [6, 6.07) is -1.40. The molecule has 19 heavy (non-hydrogen) atoms. The first kappa shape index (κ1) is 16.9. The summed E-state index contributed by atoms with van der Waals surface area (Å²) >= 11 is 0. The zero-order valence-electron chi connectivity index (χ0n) is 11.1. The summed E-state index contributed by atoms with van der Waals surface area (Å²) in [5, 5.41) is 11.2. The average molecular weight is 275 g/mol. The van der Waals surface area contributed by atoms with E-state index in [0.29, 0.717) is 0 Å². The summed E-state index contributed by atoms with van der Waals surface area (Å²) in [6.07, 6.45) is 0. The van der Waals surface area contributed by atoms with E-state index in [1.807, 2.05) is 0 Å². The Morgan fingerprint density at radius 2 is 1.47 bits per heavy atom. The maximum absolute atomic E-state index is 11.5. The number of carboxylic acids is 1. The Labute approximate surface area is 110 Å². The van der Waals surface area contributed by atoms with Gasteiger partial charge in [0.05, 0.1) is 14.2 Å². The Kier molecular flexibility index (Phi) is 6.53. The van der Waals surface area contributed by atoms with Crippen molar-refractivity contribution in [3.8, 4) is 0 Å². The van der Waals surface area contributed by atoms with E-state index in [9.17, 15) is 19.2 Å². The fourth-order valence-electron chi connectivity index (χ4n) is 1.61. The fourth-order valence-corrected chi connectivity index (χ4v) is 1.61. The van der Waals surface area contributed by atoms with Crippen LogP contribution in [0.2, 0.25) is 0 Å². The number of rotatable bonds is 6. The summed E-state index contributed by atoms with van der Waals surface area (Å²) in [5.74, 6) is -6.25. The van der Waals surface area contributed by atoms with E-state index in [0.717, 1.165) is 21.1 Å². The topological polar surface area (TPSA) is 119 Å². The zero-order chi connectivity index (χ0) is 15.2. The minimum absolute atomic E-state index is 0.590. The second kappa shape index (κ2) is 7.34. The van der Waals surface area contributed by atoms with Crippen LogP contribution in [-0.4, -0.2) is 49.2 Å². The third-order valence-corrected chi connectivity index (χ3v) is 2.59. The number of carbonyl (C=O) groups excluding carboxylic acids is 3. The SMILES string of the molecule is COC(=O)C(C(=O)OC)[C@H](C)[C@@H](NC(C)=O)C(=O)O. The lowest BCUT2D eigenvalue weighted by atomic mass is 9.87. The molecule has 0 fully saturated rings. The number of carbonyl (C=O) groups is 4. The molecule has 0 saturated heterocycles. The number of nitrogens with one attached hydrogen (secondary N) is 1. The Balaban J connectivity index is 5.28. The third-order valence-electron chi connectivity index (χ3n) is 2.59. The molecule has 0 unspecified atom stereocenters. The second-order valence-corrected chi connectivity index (χ2v) is 3.90. The summed E-state index contributed by atoms with van der Waals surface area (Å²) in [4.78, 5) is 45.1. The first-order valence-corrected chi connectivity index (χ1v) is 5.41. The Morgan fingerprint density at radius 1 is 1.05 bits per heavy atom. The number of carboxylic acid groups (broad SMARTS) is 1. The molecular weight excluding hydrogens is 258 g/mol. The zero-order valence-corrected chi connectivity index (χ0v) is 11.1. The molecule has 8 heteroatoms. The highest BCUT2D eigenvalue weighted by atomic mass is 16.5. The molecule has 0 aliphatic rings. The van der Waals surface area contributed by atoms with Gasteiger partial charge in [0.25, 0.3) is 0 Å². The number of hydrogen-bond acceptors (Lipinski definition) is 6. The third kappa shape index (κ3) is 4.57. The van der Waals surface area contributed by atoms with Gasteiger partial charge in [-0.05, 0) is 0 Å². The van der Waals surface area contributed by atoms with E-state index >= 15 is 0 Å². The number of esters is 2. The minimum atomic E-state index is -1.43. The molecule has 0 aromatic carbocycles. The van der Waals surface area contributed by atoms with E-state index in [2.05, 4.69) is 14.8 Å². The van der Waals surface area contributed by atoms with E-state index in [1.54, 1.807) is 0 Å². The van der Waals surface area contributed by atoms with Crippen molar-refractivity contribution >= 4 is 23.8 Å². The van der Waals surface area contributed by atoms with Crippen LogP contribution < -0.4 is 5.32 Å². The maximum Gasteiger partial charge on any atom is 0.326 e. The van der Waals surface area contributed by atoms with Crippen molar-refractivity contribution in [1.29, 1.82) is 0 Å². The standard InChI is InChI=1S/C11H17NO7/c1-5(8(9(14)15)12-6(2)13)7(10(16)18-3)11(17)19-4/h5,7-8H,1-4H3,(H,12,13)(H,14,15)/t5-,8+/m0/s1. The van der Waals surface area contributed by atoms with Gasteiger partial charge in [-0.2, -0.15) is 0 Å². The van der Waals surface area contributed by atoms with Gasteiger partial charge in [-0.15, -0.1) is 0 Å². The molecule has 1 amide bonds. The van der Waals surface area contributed by atoms with Crippen LogP contribution in [0, 0.1) is 11.8 Å². The molecule has 0 radical (unpaired) electrons. The Hall–Kier alpha value is -2.12. The Bertz CT molecular complexity index is 363. The highest BCUT2D eigenvalue weighted by Gasteiger charge is 2.41. The van der Waals surface area contributed by atoms with Crippen LogP contribution in [0.15, 0.2) is 0 Å². The van der Waals surface area contributed by atoms with Crippen molar-refractivity contribution in [2.24, 2.45) is 11.8 Å². The van der Waals surface area contributed by atoms with Crippen LogP contribution in [0.3, 0.4) is 0 Å². The Morgan fingerprint density at radius 3 is 1.74 bits per heavy atom. The van der Waals surface area contributed by atoms with E-state index < -0.39 is 41.7 Å². The lowest BCUT2D eigenvalue weighted by Crippen LogP contribution is -2.50. The molecule has 0 aliphatic carbocycles. The quantitative estimate of drug-likeness (QED) is 0.479. The molecule has 0 aliphatic heterocycles. The van der Waals surface area contributed by atoms with E-state index in [-0.39, 0.29) is 0 Å². The number of aliphatic carboxylic acids is 1. The molecule has 0 saturated carbocycles. The van der Waals surface area contributed by atoms with Gasteiger partial charge in [0.2, 0.25) is 5.91 Å². The van der Waals surface area contributed by atoms with Gasteiger partial charge in [0.1, 0.15) is 6.04 Å². The summed E-state index contributed by atoms with van der Waals surface area (Å²) in [5.41, 5.74) is 0. The predicted molar refractivity (Wildman–Crippen MR) is 61.9 cm³/mol. The largest absolute Gasteiger partial charge is 0.480 e. The molecule has 8 nitrogen and oxygen atoms in total. The van der Waals surface area contributed by atoms with Crippen LogP contribution in [0.5, 0.6) is 0 Å². The van der Waals surface area contributed by atoms with Crippen molar-refractivity contribution < 1.29 is 33.8 Å². The minimum Gasteiger partial charge on any atom is -0.480 e. The molecule has 2 atom stereocenters. The van der Waals surface area contributed by atoms with Crippen molar-refractivity contribution in [1.82, 2.24) is 5.32 Å². The van der Waals surface area contributed by atoms with E-state index in [1.165, 1.54) is 6.92 Å². The summed E-state index contributed by atoms with van der Waals surface area (Å²) < 4.78 is 8.89. The highest BCUT2D eigenvalue weighted by Crippen LogP contribution is 2.19. The lowest BCUT2D eigenvalue weighted by molar-refractivity contribution is -0.163. The number of hydrogen-bond donors (Lipinski definition) is 2. The molecule has 108 valence electrons. The van der Waals surface area contributed by atoms with Gasteiger partial charge >= 0.3 is 17.9 Å². The van der Waals surface area contributed by atoms with Crippen molar-refractivity contribution in [2.75, 3.05) is 14.2 Å². The first-order valence-electron chi connectivity index (χ1n) is 5.41. The van der Waals surface area contributed by atoms with Crippen molar-refractivity contribution in [3.05, 3.63) is 0 Å². The average Bonchev–Trinajstić information content (AvgIpc) is 2.34. The number of ether oxygens (including phenoxy) is 2. The highest BCUT2D eigenvalue weighted by molar-refractivity contribution is 5.96.